The summed E-state index contributed by atoms with van der Waals surface area (Å²) in [6, 6.07) is 7.45. The standard InChI is InChI=1S/C21H27N5O3/c1-14-6-11-17(27)18-20(23-21(14)28)26(4)24-19(22-18)15-7-9-16(10-8-15)29-13-5-12-25(2)3/h7-10,14H,5-6,11-13H2,1-4H3. The van der Waals surface area contributed by atoms with Gasteiger partial charge in [0, 0.05) is 31.5 Å². The van der Waals surface area contributed by atoms with Crippen molar-refractivity contribution in [1.29, 1.82) is 0 Å². The van der Waals surface area contributed by atoms with Crippen LogP contribution in [0.3, 0.4) is 0 Å². The number of fused-ring (bicyclic) bond motifs is 1. The van der Waals surface area contributed by atoms with E-state index in [1.165, 1.54) is 5.01 Å². The summed E-state index contributed by atoms with van der Waals surface area (Å²) in [7, 11) is 5.74. The fourth-order valence-corrected chi connectivity index (χ4v) is 3.03. The highest BCUT2D eigenvalue weighted by atomic mass is 16.5. The van der Waals surface area contributed by atoms with Gasteiger partial charge in [0.25, 0.3) is 5.91 Å². The third-order valence-corrected chi connectivity index (χ3v) is 4.82. The Labute approximate surface area is 171 Å². The second-order valence-corrected chi connectivity index (χ2v) is 7.57. The highest BCUT2D eigenvalue weighted by molar-refractivity contribution is 6.68. The lowest BCUT2D eigenvalue weighted by atomic mass is 9.98. The van der Waals surface area contributed by atoms with Crippen LogP contribution < -0.4 is 4.74 Å². The zero-order valence-corrected chi connectivity index (χ0v) is 17.4. The summed E-state index contributed by atoms with van der Waals surface area (Å²) in [5.74, 6) is 0.752. The molecule has 1 unspecified atom stereocenters. The third kappa shape index (κ3) is 5.14. The number of ketones is 1. The monoisotopic (exact) mass is 397 g/mol. The lowest BCUT2D eigenvalue weighted by Crippen LogP contribution is -2.41. The van der Waals surface area contributed by atoms with Gasteiger partial charge in [-0.05, 0) is 51.2 Å². The highest BCUT2D eigenvalue weighted by Gasteiger charge is 2.31. The summed E-state index contributed by atoms with van der Waals surface area (Å²) in [6.07, 6.45) is 1.69. The number of amidine groups is 2. The topological polar surface area (TPSA) is 86.9 Å². The number of ether oxygens (including phenoxy) is 1. The van der Waals surface area contributed by atoms with Crippen molar-refractivity contribution in [3.63, 3.8) is 0 Å². The van der Waals surface area contributed by atoms with Gasteiger partial charge in [-0.2, -0.15) is 10.1 Å². The molecule has 0 radical (unpaired) electrons. The first-order valence-corrected chi connectivity index (χ1v) is 9.80. The number of carbonyl (C=O) groups excluding carboxylic acids is 2. The van der Waals surface area contributed by atoms with Crippen LogP contribution in [-0.2, 0) is 9.59 Å². The molecule has 2 aliphatic heterocycles. The first-order valence-electron chi connectivity index (χ1n) is 9.80. The molecule has 0 bridgehead atoms. The number of benzene rings is 1. The number of hydrogen-bond acceptors (Lipinski definition) is 7. The van der Waals surface area contributed by atoms with Crippen LogP contribution in [0.5, 0.6) is 5.75 Å². The SMILES string of the molecule is CC1CCC(=O)C2=NC(c3ccc(OCCCN(C)C)cc3)=NN(C)C2=NC1=O. The van der Waals surface area contributed by atoms with E-state index in [-0.39, 0.29) is 35.6 Å². The van der Waals surface area contributed by atoms with Gasteiger partial charge in [0.05, 0.1) is 6.61 Å². The van der Waals surface area contributed by atoms with Crippen LogP contribution in [0, 0.1) is 5.92 Å². The normalized spacial score (nSPS) is 19.8. The zero-order chi connectivity index (χ0) is 21.0. The van der Waals surface area contributed by atoms with E-state index in [2.05, 4.69) is 20.0 Å². The Balaban J connectivity index is 1.77. The van der Waals surface area contributed by atoms with Gasteiger partial charge >= 0.3 is 0 Å². The molecule has 1 amide bonds. The lowest BCUT2D eigenvalue weighted by molar-refractivity contribution is -0.121. The zero-order valence-electron chi connectivity index (χ0n) is 17.4. The average molecular weight is 397 g/mol. The molecule has 0 saturated carbocycles. The van der Waals surface area contributed by atoms with Crippen LogP contribution in [-0.4, -0.2) is 73.3 Å². The van der Waals surface area contributed by atoms with Crippen LogP contribution in [0.2, 0.25) is 0 Å². The number of hydrogen-bond donors (Lipinski definition) is 0. The summed E-state index contributed by atoms with van der Waals surface area (Å²) in [6.45, 7) is 3.39. The van der Waals surface area contributed by atoms with Crippen LogP contribution in [0.15, 0.2) is 39.4 Å². The average Bonchev–Trinajstić information content (AvgIpc) is 2.70. The summed E-state index contributed by atoms with van der Waals surface area (Å²) < 4.78 is 5.75. The predicted molar refractivity (Wildman–Crippen MR) is 113 cm³/mol. The molecule has 0 N–H and O–H groups in total. The van der Waals surface area contributed by atoms with E-state index in [4.69, 9.17) is 4.74 Å². The first kappa shape index (κ1) is 20.9. The fraction of sp³-hybridized carbons (Fsp3) is 0.476. The van der Waals surface area contributed by atoms with E-state index < -0.39 is 0 Å². The summed E-state index contributed by atoms with van der Waals surface area (Å²) in [4.78, 5) is 35.4. The predicted octanol–water partition coefficient (Wildman–Crippen LogP) is 1.99. The maximum absolute atomic E-state index is 12.6. The Morgan fingerprint density at radius 2 is 1.90 bits per heavy atom. The first-order chi connectivity index (χ1) is 13.8. The maximum Gasteiger partial charge on any atom is 0.250 e. The van der Waals surface area contributed by atoms with Gasteiger partial charge in [-0.3, -0.25) is 9.59 Å². The largest absolute Gasteiger partial charge is 0.494 e. The number of aliphatic imine (C=N–C) groups is 2. The van der Waals surface area contributed by atoms with Crippen molar-refractivity contribution in [3.05, 3.63) is 29.8 Å². The molecule has 2 heterocycles. The Kier molecular flexibility index (Phi) is 6.53. The Morgan fingerprint density at radius 3 is 2.59 bits per heavy atom. The second kappa shape index (κ2) is 9.09. The molecule has 8 nitrogen and oxygen atoms in total. The number of nitrogens with zero attached hydrogens (tertiary/aromatic N) is 5. The molecular formula is C21H27N5O3. The Morgan fingerprint density at radius 1 is 1.17 bits per heavy atom. The van der Waals surface area contributed by atoms with Crippen LogP contribution >= 0.6 is 0 Å². The minimum Gasteiger partial charge on any atom is -0.494 e. The lowest BCUT2D eigenvalue weighted by Gasteiger charge is -2.24. The minimum absolute atomic E-state index is 0.122. The van der Waals surface area contributed by atoms with Crippen molar-refractivity contribution in [2.24, 2.45) is 21.0 Å². The molecule has 8 heteroatoms. The molecule has 29 heavy (non-hydrogen) atoms. The molecule has 1 aromatic rings. The van der Waals surface area contributed by atoms with E-state index in [1.54, 1.807) is 14.0 Å². The number of Topliss-reactive ketones (excluding diaryl/α,β-unsaturated/α-hetero) is 1. The summed E-state index contributed by atoms with van der Waals surface area (Å²) >= 11 is 0. The fourth-order valence-electron chi connectivity index (χ4n) is 3.03. The van der Waals surface area contributed by atoms with Gasteiger partial charge in [0.1, 0.15) is 5.75 Å². The molecule has 154 valence electrons. The Bertz CT molecular complexity index is 871. The molecule has 1 aromatic carbocycles. The number of carbonyl (C=O) groups is 2. The summed E-state index contributed by atoms with van der Waals surface area (Å²) in [5.41, 5.74) is 0.959. The summed E-state index contributed by atoms with van der Waals surface area (Å²) in [5, 5.41) is 5.86. The number of amides is 1. The molecule has 0 aromatic heterocycles. The van der Waals surface area contributed by atoms with Crippen molar-refractivity contribution in [2.45, 2.75) is 26.2 Å². The molecule has 2 aliphatic rings. The van der Waals surface area contributed by atoms with E-state index in [0.717, 1.165) is 24.3 Å². The van der Waals surface area contributed by atoms with Gasteiger partial charge in [0.2, 0.25) is 0 Å². The molecule has 0 aliphatic carbocycles. The number of hydrazone groups is 1. The quantitative estimate of drug-likeness (QED) is 0.685. The smallest absolute Gasteiger partial charge is 0.250 e. The molecule has 1 atom stereocenters. The van der Waals surface area contributed by atoms with Crippen LogP contribution in [0.4, 0.5) is 0 Å². The molecule has 0 spiro atoms. The molecule has 0 fully saturated rings. The van der Waals surface area contributed by atoms with E-state index in [1.807, 2.05) is 38.4 Å². The minimum atomic E-state index is -0.281. The maximum atomic E-state index is 12.6. The van der Waals surface area contributed by atoms with Crippen molar-refractivity contribution in [1.82, 2.24) is 9.91 Å². The van der Waals surface area contributed by atoms with Crippen LogP contribution in [0.1, 0.15) is 31.7 Å². The van der Waals surface area contributed by atoms with Gasteiger partial charge in [0.15, 0.2) is 23.2 Å². The Hall–Kier alpha value is -2.87. The van der Waals surface area contributed by atoms with Crippen molar-refractivity contribution < 1.29 is 14.3 Å². The van der Waals surface area contributed by atoms with E-state index in [9.17, 15) is 9.59 Å². The van der Waals surface area contributed by atoms with E-state index in [0.29, 0.717) is 18.9 Å². The second-order valence-electron chi connectivity index (χ2n) is 7.57. The third-order valence-electron chi connectivity index (χ3n) is 4.82. The molecule has 3 rings (SSSR count). The molecular weight excluding hydrogens is 370 g/mol. The van der Waals surface area contributed by atoms with E-state index >= 15 is 0 Å². The highest BCUT2D eigenvalue weighted by Crippen LogP contribution is 2.19. The van der Waals surface area contributed by atoms with Crippen LogP contribution in [0.25, 0.3) is 0 Å². The van der Waals surface area contributed by atoms with Gasteiger partial charge in [-0.1, -0.05) is 6.92 Å². The van der Waals surface area contributed by atoms with Gasteiger partial charge in [-0.15, -0.1) is 0 Å². The molecule has 0 saturated heterocycles. The van der Waals surface area contributed by atoms with Gasteiger partial charge < -0.3 is 9.64 Å². The number of rotatable bonds is 6. The van der Waals surface area contributed by atoms with Crippen molar-refractivity contribution >= 4 is 29.1 Å². The van der Waals surface area contributed by atoms with Crippen molar-refractivity contribution in [2.75, 3.05) is 34.3 Å². The van der Waals surface area contributed by atoms with Gasteiger partial charge in [-0.25, -0.2) is 10.0 Å². The van der Waals surface area contributed by atoms with Crippen molar-refractivity contribution in [3.8, 4) is 5.75 Å².